The first kappa shape index (κ1) is 14.3. The van der Waals surface area contributed by atoms with Gasteiger partial charge in [-0.2, -0.15) is 0 Å². The van der Waals surface area contributed by atoms with Crippen molar-refractivity contribution in [2.75, 3.05) is 33.7 Å². The van der Waals surface area contributed by atoms with E-state index >= 15 is 0 Å². The molecule has 0 amide bonds. The maximum atomic E-state index is 3.46. The second-order valence-electron chi connectivity index (χ2n) is 7.11. The topological polar surface area (TPSA) is 15.3 Å². The molecule has 2 nitrogen and oxygen atoms in total. The van der Waals surface area contributed by atoms with Gasteiger partial charge in [0, 0.05) is 19.6 Å². The standard InChI is InChI=1S/C16H32N2/c1-14-10-15(14)11-18(3)13-16(12-17-2)8-6-4-5-7-9-16/h14-15,17H,4-13H2,1-3H3. The van der Waals surface area contributed by atoms with Gasteiger partial charge in [0.05, 0.1) is 0 Å². The Morgan fingerprint density at radius 3 is 2.28 bits per heavy atom. The Hall–Kier alpha value is -0.0800. The van der Waals surface area contributed by atoms with E-state index in [2.05, 4.69) is 31.2 Å². The third-order valence-electron chi connectivity index (χ3n) is 5.14. The highest BCUT2D eigenvalue weighted by Gasteiger charge is 2.36. The van der Waals surface area contributed by atoms with Gasteiger partial charge in [0.15, 0.2) is 0 Å². The molecular weight excluding hydrogens is 220 g/mol. The molecule has 0 bridgehead atoms. The molecule has 1 N–H and O–H groups in total. The van der Waals surface area contributed by atoms with E-state index in [-0.39, 0.29) is 0 Å². The van der Waals surface area contributed by atoms with Crippen molar-refractivity contribution in [2.24, 2.45) is 17.3 Å². The number of hydrogen-bond acceptors (Lipinski definition) is 2. The van der Waals surface area contributed by atoms with Crippen LogP contribution in [0.2, 0.25) is 0 Å². The first-order valence-corrected chi connectivity index (χ1v) is 7.98. The van der Waals surface area contributed by atoms with Crippen LogP contribution in [0.4, 0.5) is 0 Å². The monoisotopic (exact) mass is 252 g/mol. The van der Waals surface area contributed by atoms with Gasteiger partial charge in [0.25, 0.3) is 0 Å². The van der Waals surface area contributed by atoms with Crippen molar-refractivity contribution in [3.63, 3.8) is 0 Å². The fourth-order valence-electron chi connectivity index (χ4n) is 3.94. The molecule has 2 saturated carbocycles. The summed E-state index contributed by atoms with van der Waals surface area (Å²) in [5, 5.41) is 3.46. The van der Waals surface area contributed by atoms with E-state index < -0.39 is 0 Å². The molecule has 2 atom stereocenters. The van der Waals surface area contributed by atoms with E-state index in [1.165, 1.54) is 64.6 Å². The minimum atomic E-state index is 0.554. The Morgan fingerprint density at radius 2 is 1.78 bits per heavy atom. The predicted octanol–water partition coefficient (Wildman–Crippen LogP) is 3.13. The molecule has 2 rings (SSSR count). The van der Waals surface area contributed by atoms with E-state index in [4.69, 9.17) is 0 Å². The third-order valence-corrected chi connectivity index (χ3v) is 5.14. The average Bonchev–Trinajstić information content (AvgIpc) is 3.03. The quantitative estimate of drug-likeness (QED) is 0.731. The minimum Gasteiger partial charge on any atom is -0.319 e. The van der Waals surface area contributed by atoms with Gasteiger partial charge in [-0.3, -0.25) is 0 Å². The lowest BCUT2D eigenvalue weighted by Gasteiger charge is -2.37. The molecule has 18 heavy (non-hydrogen) atoms. The summed E-state index contributed by atoms with van der Waals surface area (Å²) in [5.41, 5.74) is 0.554. The lowest BCUT2D eigenvalue weighted by atomic mass is 9.79. The average molecular weight is 252 g/mol. The Balaban J connectivity index is 1.86. The van der Waals surface area contributed by atoms with Crippen molar-refractivity contribution in [3.8, 4) is 0 Å². The fraction of sp³-hybridized carbons (Fsp3) is 1.00. The van der Waals surface area contributed by atoms with E-state index in [0.29, 0.717) is 5.41 Å². The van der Waals surface area contributed by atoms with Crippen molar-refractivity contribution in [1.82, 2.24) is 10.2 Å². The molecular formula is C16H32N2. The van der Waals surface area contributed by atoms with Crippen LogP contribution in [0.25, 0.3) is 0 Å². The summed E-state index contributed by atoms with van der Waals surface area (Å²) in [4.78, 5) is 2.62. The Labute approximate surface area is 114 Å². The molecule has 0 aliphatic heterocycles. The molecule has 0 heterocycles. The Bertz CT molecular complexity index is 243. The zero-order valence-electron chi connectivity index (χ0n) is 12.7. The first-order valence-electron chi connectivity index (χ1n) is 7.98. The summed E-state index contributed by atoms with van der Waals surface area (Å²) in [6.45, 7) is 6.23. The smallest absolute Gasteiger partial charge is 0.00472 e. The van der Waals surface area contributed by atoms with Crippen molar-refractivity contribution in [1.29, 1.82) is 0 Å². The largest absolute Gasteiger partial charge is 0.319 e. The van der Waals surface area contributed by atoms with E-state index in [1.807, 2.05) is 0 Å². The molecule has 0 aromatic rings. The predicted molar refractivity (Wildman–Crippen MR) is 78.8 cm³/mol. The number of rotatable bonds is 6. The van der Waals surface area contributed by atoms with Crippen LogP contribution in [0.15, 0.2) is 0 Å². The zero-order valence-corrected chi connectivity index (χ0v) is 12.7. The van der Waals surface area contributed by atoms with Crippen LogP contribution in [0.1, 0.15) is 51.9 Å². The van der Waals surface area contributed by atoms with Gasteiger partial charge < -0.3 is 10.2 Å². The van der Waals surface area contributed by atoms with Crippen LogP contribution in [-0.4, -0.2) is 38.6 Å². The Morgan fingerprint density at radius 1 is 1.17 bits per heavy atom. The molecule has 0 spiro atoms. The molecule has 0 radical (unpaired) electrons. The van der Waals surface area contributed by atoms with Crippen molar-refractivity contribution in [2.45, 2.75) is 51.9 Å². The van der Waals surface area contributed by atoms with Crippen molar-refractivity contribution in [3.05, 3.63) is 0 Å². The van der Waals surface area contributed by atoms with Crippen LogP contribution in [0.5, 0.6) is 0 Å². The zero-order chi connectivity index (χ0) is 13.0. The van der Waals surface area contributed by atoms with Gasteiger partial charge in [-0.25, -0.2) is 0 Å². The summed E-state index contributed by atoms with van der Waals surface area (Å²) in [6.07, 6.45) is 10.1. The van der Waals surface area contributed by atoms with Gasteiger partial charge in [0.1, 0.15) is 0 Å². The van der Waals surface area contributed by atoms with Gasteiger partial charge in [-0.05, 0) is 50.6 Å². The van der Waals surface area contributed by atoms with Crippen LogP contribution in [0.3, 0.4) is 0 Å². The summed E-state index contributed by atoms with van der Waals surface area (Å²) >= 11 is 0. The second kappa shape index (κ2) is 6.38. The molecule has 2 unspecified atom stereocenters. The molecule has 0 saturated heterocycles. The SMILES string of the molecule is CNCC1(CN(C)CC2CC2C)CCCCCC1. The van der Waals surface area contributed by atoms with E-state index in [1.54, 1.807) is 0 Å². The van der Waals surface area contributed by atoms with Crippen LogP contribution in [-0.2, 0) is 0 Å². The first-order chi connectivity index (χ1) is 8.65. The summed E-state index contributed by atoms with van der Waals surface area (Å²) in [5.74, 6) is 1.98. The highest BCUT2D eigenvalue weighted by Crippen LogP contribution is 2.40. The second-order valence-corrected chi connectivity index (χ2v) is 7.11. The number of nitrogens with zero attached hydrogens (tertiary/aromatic N) is 1. The maximum Gasteiger partial charge on any atom is 0.00472 e. The molecule has 2 aliphatic carbocycles. The third kappa shape index (κ3) is 3.96. The summed E-state index contributed by atoms with van der Waals surface area (Å²) < 4.78 is 0. The van der Waals surface area contributed by atoms with Crippen LogP contribution < -0.4 is 5.32 Å². The molecule has 0 aromatic carbocycles. The van der Waals surface area contributed by atoms with Gasteiger partial charge in [-0.15, -0.1) is 0 Å². The van der Waals surface area contributed by atoms with Crippen LogP contribution in [0, 0.1) is 17.3 Å². The molecule has 2 fully saturated rings. The van der Waals surface area contributed by atoms with Gasteiger partial charge >= 0.3 is 0 Å². The van der Waals surface area contributed by atoms with Crippen molar-refractivity contribution < 1.29 is 0 Å². The number of hydrogen-bond donors (Lipinski definition) is 1. The highest BCUT2D eigenvalue weighted by atomic mass is 15.1. The lowest BCUT2D eigenvalue weighted by molar-refractivity contribution is 0.144. The van der Waals surface area contributed by atoms with Gasteiger partial charge in [-0.1, -0.05) is 32.6 Å². The highest BCUT2D eigenvalue weighted by molar-refractivity contribution is 4.89. The lowest BCUT2D eigenvalue weighted by Crippen LogP contribution is -2.42. The van der Waals surface area contributed by atoms with Crippen LogP contribution >= 0.6 is 0 Å². The number of nitrogens with one attached hydrogen (secondary N) is 1. The molecule has 0 aromatic heterocycles. The fourth-order valence-corrected chi connectivity index (χ4v) is 3.94. The minimum absolute atomic E-state index is 0.554. The normalized spacial score (nSPS) is 31.3. The maximum absolute atomic E-state index is 3.46. The molecule has 106 valence electrons. The Kier molecular flexibility index (Phi) is 5.08. The van der Waals surface area contributed by atoms with Gasteiger partial charge in [0.2, 0.25) is 0 Å². The summed E-state index contributed by atoms with van der Waals surface area (Å²) in [6, 6.07) is 0. The van der Waals surface area contributed by atoms with E-state index in [9.17, 15) is 0 Å². The van der Waals surface area contributed by atoms with E-state index in [0.717, 1.165) is 11.8 Å². The molecule has 2 heteroatoms. The van der Waals surface area contributed by atoms with Crippen molar-refractivity contribution >= 4 is 0 Å². The molecule has 2 aliphatic rings. The summed E-state index contributed by atoms with van der Waals surface area (Å²) in [7, 11) is 4.46.